The van der Waals surface area contributed by atoms with Crippen molar-refractivity contribution in [2.75, 3.05) is 6.61 Å². The van der Waals surface area contributed by atoms with Gasteiger partial charge < -0.3 is 9.47 Å². The van der Waals surface area contributed by atoms with E-state index in [4.69, 9.17) is 9.47 Å². The predicted octanol–water partition coefficient (Wildman–Crippen LogP) is 3.25. The lowest BCUT2D eigenvalue weighted by Gasteiger charge is -2.12. The average molecular weight is 444 g/mol. The summed E-state index contributed by atoms with van der Waals surface area (Å²) in [6.45, 7) is 3.79. The molecular weight excluding hydrogens is 421 g/mol. The summed E-state index contributed by atoms with van der Waals surface area (Å²) in [6, 6.07) is 11.4. The SMILES string of the molecule is Cc1cccc(C)c1OCC(=O)NNC(=O)Cc1csc(COc2ccc(F)cc2)n1. The first-order valence-corrected chi connectivity index (χ1v) is 10.4. The number of aryl methyl sites for hydroxylation is 2. The lowest BCUT2D eigenvalue weighted by atomic mass is 10.1. The standard InChI is InChI=1S/C22H22FN3O4S/c1-14-4-3-5-15(2)22(14)30-11-20(28)26-25-19(27)10-17-13-31-21(24-17)12-29-18-8-6-16(23)7-9-18/h3-9,13H,10-12H2,1-2H3,(H,25,27)(H,26,28). The number of hydrazine groups is 1. The zero-order valence-corrected chi connectivity index (χ0v) is 17.9. The molecular formula is C22H22FN3O4S. The highest BCUT2D eigenvalue weighted by molar-refractivity contribution is 7.09. The van der Waals surface area contributed by atoms with Crippen LogP contribution in [0, 0.1) is 19.7 Å². The second kappa shape index (κ2) is 10.5. The van der Waals surface area contributed by atoms with Crippen LogP contribution >= 0.6 is 11.3 Å². The largest absolute Gasteiger partial charge is 0.486 e. The normalized spacial score (nSPS) is 10.4. The van der Waals surface area contributed by atoms with Crippen LogP contribution in [-0.4, -0.2) is 23.4 Å². The molecule has 0 saturated heterocycles. The van der Waals surface area contributed by atoms with Crippen LogP contribution in [-0.2, 0) is 22.6 Å². The third-order valence-corrected chi connectivity index (χ3v) is 5.09. The summed E-state index contributed by atoms with van der Waals surface area (Å²) in [6.07, 6.45) is 0.00505. The van der Waals surface area contributed by atoms with Crippen LogP contribution in [0.3, 0.4) is 0 Å². The molecule has 0 atom stereocenters. The van der Waals surface area contributed by atoms with Crippen molar-refractivity contribution in [2.24, 2.45) is 0 Å². The molecule has 0 unspecified atom stereocenters. The second-order valence-corrected chi connectivity index (χ2v) is 7.70. The molecule has 162 valence electrons. The number of aromatic nitrogens is 1. The molecule has 1 aromatic heterocycles. The van der Waals surface area contributed by atoms with Crippen molar-refractivity contribution in [3.05, 3.63) is 75.5 Å². The van der Waals surface area contributed by atoms with Crippen LogP contribution in [0.2, 0.25) is 0 Å². The first-order valence-electron chi connectivity index (χ1n) is 9.49. The Morgan fingerprint density at radius 2 is 1.68 bits per heavy atom. The Bertz CT molecular complexity index is 1030. The number of amides is 2. The maximum atomic E-state index is 12.9. The maximum absolute atomic E-state index is 12.9. The molecule has 2 N–H and O–H groups in total. The van der Waals surface area contributed by atoms with Gasteiger partial charge in [0.05, 0.1) is 12.1 Å². The first-order chi connectivity index (χ1) is 14.9. The fourth-order valence-electron chi connectivity index (χ4n) is 2.72. The van der Waals surface area contributed by atoms with E-state index in [1.54, 1.807) is 5.38 Å². The van der Waals surface area contributed by atoms with Crippen molar-refractivity contribution in [1.29, 1.82) is 0 Å². The van der Waals surface area contributed by atoms with E-state index in [1.165, 1.54) is 35.6 Å². The molecule has 0 radical (unpaired) electrons. The Morgan fingerprint density at radius 1 is 1.00 bits per heavy atom. The van der Waals surface area contributed by atoms with Gasteiger partial charge in [-0.1, -0.05) is 18.2 Å². The third kappa shape index (κ3) is 6.78. The monoisotopic (exact) mass is 443 g/mol. The Kier molecular flexibility index (Phi) is 7.55. The van der Waals surface area contributed by atoms with E-state index in [2.05, 4.69) is 15.8 Å². The zero-order chi connectivity index (χ0) is 22.2. The topological polar surface area (TPSA) is 89.6 Å². The minimum absolute atomic E-state index is 0.00505. The molecule has 9 heteroatoms. The van der Waals surface area contributed by atoms with Crippen molar-refractivity contribution in [3.63, 3.8) is 0 Å². The number of hydrogen-bond acceptors (Lipinski definition) is 6. The fourth-order valence-corrected chi connectivity index (χ4v) is 3.43. The number of nitrogens with one attached hydrogen (secondary N) is 2. The number of rotatable bonds is 8. The lowest BCUT2D eigenvalue weighted by molar-refractivity contribution is -0.129. The minimum Gasteiger partial charge on any atom is -0.486 e. The number of carbonyl (C=O) groups excluding carboxylic acids is 2. The molecule has 0 bridgehead atoms. The molecule has 0 aliphatic rings. The summed E-state index contributed by atoms with van der Waals surface area (Å²) in [5.74, 6) is -0.0261. The highest BCUT2D eigenvalue weighted by atomic mass is 32.1. The molecule has 0 fully saturated rings. The van der Waals surface area contributed by atoms with Crippen LogP contribution < -0.4 is 20.3 Å². The van der Waals surface area contributed by atoms with E-state index in [1.807, 2.05) is 32.0 Å². The Balaban J connectivity index is 1.39. The number of carbonyl (C=O) groups is 2. The van der Waals surface area contributed by atoms with E-state index >= 15 is 0 Å². The number of nitrogens with zero attached hydrogens (tertiary/aromatic N) is 1. The number of thiazole rings is 1. The highest BCUT2D eigenvalue weighted by Gasteiger charge is 2.11. The molecule has 3 aromatic rings. The summed E-state index contributed by atoms with van der Waals surface area (Å²) >= 11 is 1.35. The van der Waals surface area contributed by atoms with Gasteiger partial charge in [-0.05, 0) is 49.2 Å². The molecule has 7 nitrogen and oxygen atoms in total. The second-order valence-electron chi connectivity index (χ2n) is 6.76. The molecule has 0 aliphatic heterocycles. The van der Waals surface area contributed by atoms with Gasteiger partial charge in [0.15, 0.2) is 6.61 Å². The molecule has 1 heterocycles. The molecule has 0 saturated carbocycles. The smallest absolute Gasteiger partial charge is 0.276 e. The Labute approximate surface area is 183 Å². The van der Waals surface area contributed by atoms with E-state index in [0.717, 1.165) is 11.1 Å². The van der Waals surface area contributed by atoms with Gasteiger partial charge in [0, 0.05) is 5.38 Å². The van der Waals surface area contributed by atoms with E-state index < -0.39 is 11.8 Å². The van der Waals surface area contributed by atoms with E-state index in [9.17, 15) is 14.0 Å². The molecule has 0 spiro atoms. The fraction of sp³-hybridized carbons (Fsp3) is 0.227. The summed E-state index contributed by atoms with van der Waals surface area (Å²) in [5.41, 5.74) is 7.09. The van der Waals surface area contributed by atoms with Crippen LogP contribution in [0.4, 0.5) is 4.39 Å². The van der Waals surface area contributed by atoms with Crippen molar-refractivity contribution in [1.82, 2.24) is 15.8 Å². The van der Waals surface area contributed by atoms with Gasteiger partial charge >= 0.3 is 0 Å². The zero-order valence-electron chi connectivity index (χ0n) is 17.1. The number of para-hydroxylation sites is 1. The van der Waals surface area contributed by atoms with Crippen LogP contribution in [0.15, 0.2) is 47.8 Å². The molecule has 0 aliphatic carbocycles. The van der Waals surface area contributed by atoms with Crippen LogP contribution in [0.25, 0.3) is 0 Å². The molecule has 2 aromatic carbocycles. The van der Waals surface area contributed by atoms with Crippen molar-refractivity contribution >= 4 is 23.2 Å². The van der Waals surface area contributed by atoms with Crippen LogP contribution in [0.1, 0.15) is 21.8 Å². The first kappa shape index (κ1) is 22.2. The number of benzene rings is 2. The predicted molar refractivity (Wildman–Crippen MR) is 114 cm³/mol. The quantitative estimate of drug-likeness (QED) is 0.522. The van der Waals surface area contributed by atoms with E-state index in [0.29, 0.717) is 22.2 Å². The number of ether oxygens (including phenoxy) is 2. The highest BCUT2D eigenvalue weighted by Crippen LogP contribution is 2.22. The van der Waals surface area contributed by atoms with Crippen molar-refractivity contribution in [3.8, 4) is 11.5 Å². The molecule has 31 heavy (non-hydrogen) atoms. The number of hydrogen-bond donors (Lipinski definition) is 2. The lowest BCUT2D eigenvalue weighted by Crippen LogP contribution is -2.44. The van der Waals surface area contributed by atoms with Gasteiger partial charge in [-0.15, -0.1) is 11.3 Å². The summed E-state index contributed by atoms with van der Waals surface area (Å²) in [5, 5.41) is 2.42. The van der Waals surface area contributed by atoms with Gasteiger partial charge in [0.1, 0.15) is 28.9 Å². The third-order valence-electron chi connectivity index (χ3n) is 4.21. The summed E-state index contributed by atoms with van der Waals surface area (Å²) in [4.78, 5) is 28.3. The van der Waals surface area contributed by atoms with Gasteiger partial charge in [-0.3, -0.25) is 20.4 Å². The van der Waals surface area contributed by atoms with Crippen molar-refractivity contribution < 1.29 is 23.5 Å². The van der Waals surface area contributed by atoms with Crippen molar-refractivity contribution in [2.45, 2.75) is 26.9 Å². The van der Waals surface area contributed by atoms with E-state index in [-0.39, 0.29) is 25.5 Å². The average Bonchev–Trinajstić information content (AvgIpc) is 3.18. The summed E-state index contributed by atoms with van der Waals surface area (Å²) < 4.78 is 24.0. The minimum atomic E-state index is -0.470. The van der Waals surface area contributed by atoms with Crippen LogP contribution in [0.5, 0.6) is 11.5 Å². The Hall–Kier alpha value is -3.46. The van der Waals surface area contributed by atoms with Gasteiger partial charge in [0.25, 0.3) is 5.91 Å². The number of halogens is 1. The van der Waals surface area contributed by atoms with Gasteiger partial charge in [0.2, 0.25) is 5.91 Å². The Morgan fingerprint density at radius 3 is 2.39 bits per heavy atom. The van der Waals surface area contributed by atoms with Gasteiger partial charge in [-0.2, -0.15) is 0 Å². The summed E-state index contributed by atoms with van der Waals surface area (Å²) in [7, 11) is 0. The van der Waals surface area contributed by atoms with Gasteiger partial charge in [-0.25, -0.2) is 9.37 Å². The maximum Gasteiger partial charge on any atom is 0.276 e. The molecule has 3 rings (SSSR count). The molecule has 2 amide bonds.